The lowest BCUT2D eigenvalue weighted by Gasteiger charge is -2.56. The van der Waals surface area contributed by atoms with Crippen LogP contribution >= 0.6 is 0 Å². The molecule has 0 radical (unpaired) electrons. The molecule has 1 fully saturated rings. The third-order valence-corrected chi connectivity index (χ3v) is 39.3. The molecule has 5 heteroatoms. The monoisotopic (exact) mass is 1710 g/mol. The van der Waals surface area contributed by atoms with Gasteiger partial charge in [0.25, 0.3) is 0 Å². The van der Waals surface area contributed by atoms with Gasteiger partial charge in [0.15, 0.2) is 11.2 Å². The van der Waals surface area contributed by atoms with Crippen molar-refractivity contribution in [3.05, 3.63) is 440 Å². The fourth-order valence-electron chi connectivity index (χ4n) is 36.7. The van der Waals surface area contributed by atoms with Gasteiger partial charge < -0.3 is 24.3 Å². The van der Waals surface area contributed by atoms with Crippen molar-refractivity contribution in [2.45, 2.75) is 32.9 Å². The summed E-state index contributed by atoms with van der Waals surface area (Å²) in [7, 11) is 0. The molecular weight excluding hydrogens is 1660 g/mol. The summed E-state index contributed by atoms with van der Waals surface area (Å²) >= 11 is 0. The highest BCUT2D eigenvalue weighted by atomic mass is 16.6. The third-order valence-electron chi connectivity index (χ3n) is 39.3. The Labute approximate surface area is 775 Å². The van der Waals surface area contributed by atoms with Gasteiger partial charge in [0, 0.05) is 79.4 Å². The number of hydrogen-bond donors (Lipinski definition) is 0. The van der Waals surface area contributed by atoms with E-state index in [0.717, 1.165) is 68.2 Å². The van der Waals surface area contributed by atoms with Gasteiger partial charge in [0.1, 0.15) is 0 Å². The van der Waals surface area contributed by atoms with Crippen LogP contribution in [0.5, 0.6) is 0 Å². The summed E-state index contributed by atoms with van der Waals surface area (Å²) in [5, 5.41) is 61.8. The van der Waals surface area contributed by atoms with E-state index in [2.05, 4.69) is 359 Å². The molecule has 1 aliphatic heterocycles. The quantitative estimate of drug-likeness (QED) is 0.0709. The predicted molar refractivity (Wildman–Crippen MR) is 561 cm³/mol. The summed E-state index contributed by atoms with van der Waals surface area (Å²) in [6, 6.07) is 132. The Morgan fingerprint density at radius 3 is 0.445 bits per heavy atom. The number of benzene rings is 27. The van der Waals surface area contributed by atoms with Crippen molar-refractivity contribution in [1.29, 1.82) is 0 Å². The van der Waals surface area contributed by atoms with Crippen LogP contribution < -0.4 is 19.6 Å². The maximum absolute atomic E-state index is 9.82. The molecular formula is C132H56N4O. The summed E-state index contributed by atoms with van der Waals surface area (Å²) in [6.45, 7) is 0. The highest BCUT2D eigenvalue weighted by Gasteiger charge is 2.95. The van der Waals surface area contributed by atoms with E-state index in [-0.39, 0.29) is 0 Å². The zero-order valence-electron chi connectivity index (χ0n) is 72.5. The van der Waals surface area contributed by atoms with Crippen molar-refractivity contribution >= 4 is 284 Å². The van der Waals surface area contributed by atoms with Gasteiger partial charge in [-0.2, -0.15) is 0 Å². The first-order valence-corrected chi connectivity index (χ1v) is 49.2. The van der Waals surface area contributed by atoms with Gasteiger partial charge in [0.05, 0.1) is 21.7 Å². The average Bonchev–Trinajstić information content (AvgIpc) is 1.35. The number of nitrogens with zero attached hydrogens (tertiary/aromatic N) is 4. The fraction of sp³-hybridized carbons (Fsp3) is 0.0455. The maximum atomic E-state index is 9.82. The van der Waals surface area contributed by atoms with E-state index in [1.54, 1.807) is 163 Å². The molecule has 1 heterocycles. The Bertz CT molecular complexity index is 10800. The zero-order chi connectivity index (χ0) is 86.0. The molecule has 4 atom stereocenters. The van der Waals surface area contributed by atoms with E-state index in [9.17, 15) is 4.74 Å². The smallest absolute Gasteiger partial charge is 0.159 e. The Hall–Kier alpha value is -17.2. The number of epoxide rings is 1. The van der Waals surface area contributed by atoms with E-state index in [1.165, 1.54) is 153 Å². The first kappa shape index (κ1) is 63.8. The molecule has 33 aromatic carbocycles. The van der Waals surface area contributed by atoms with E-state index in [4.69, 9.17) is 0 Å². The molecule has 2 spiro atoms. The number of rotatable bonds is 16. The minimum atomic E-state index is -1.08. The Kier molecular flexibility index (Phi) is 8.65. The van der Waals surface area contributed by atoms with Gasteiger partial charge in [-0.15, -0.1) is 0 Å². The van der Waals surface area contributed by atoms with Crippen LogP contribution in [0.25, 0.3) is 215 Å². The minimum Gasteiger partial charge on any atom is -0.342 e. The van der Waals surface area contributed by atoms with Crippen LogP contribution in [0.1, 0.15) is 77.9 Å². The average molecular weight is 1710 g/mol. The summed E-state index contributed by atoms with van der Waals surface area (Å²) in [6.07, 6.45) is 0. The lowest BCUT2D eigenvalue weighted by molar-refractivity contribution is 0.314. The van der Waals surface area contributed by atoms with Crippen LogP contribution in [-0.2, 0) is 32.0 Å². The van der Waals surface area contributed by atoms with E-state index in [0.29, 0.717) is 0 Å². The number of hydrogen-bond acceptors (Lipinski definition) is 5. The number of ether oxygens (including phenoxy) is 1. The van der Waals surface area contributed by atoms with Crippen LogP contribution in [0.15, 0.2) is 362 Å². The molecule has 0 aromatic heterocycles. The molecule has 0 amide bonds. The molecule has 1 saturated heterocycles. The Morgan fingerprint density at radius 1 is 0.124 bits per heavy atom. The van der Waals surface area contributed by atoms with Crippen LogP contribution in [0.2, 0.25) is 0 Å². The maximum Gasteiger partial charge on any atom is 0.159 e. The lowest BCUT2D eigenvalue weighted by Crippen LogP contribution is -2.54. The summed E-state index contributed by atoms with van der Waals surface area (Å²) in [5.74, 6) is 0. The normalized spacial score (nSPS) is 22.1. The molecule has 0 bridgehead atoms. The zero-order valence-corrected chi connectivity index (χ0v) is 72.5. The summed E-state index contributed by atoms with van der Waals surface area (Å²) in [4.78, 5) is 10.0. The van der Waals surface area contributed by atoms with E-state index >= 15 is 0 Å². The van der Waals surface area contributed by atoms with Gasteiger partial charge in [-0.3, -0.25) is 0 Å². The predicted octanol–water partition coefficient (Wildman–Crippen LogP) is 33.1. The number of allylic oxidation sites excluding steroid dienone is 2. The van der Waals surface area contributed by atoms with Gasteiger partial charge in [-0.25, -0.2) is 0 Å². The third kappa shape index (κ3) is 5.17. The molecule has 0 N–H and O–H groups in total. The fourth-order valence-corrected chi connectivity index (χ4v) is 36.7. The number of para-hydroxylation sites is 8. The molecule has 33 aromatic rings. The second-order valence-corrected chi connectivity index (χ2v) is 42.9. The topological polar surface area (TPSA) is 25.5 Å². The van der Waals surface area contributed by atoms with Crippen molar-refractivity contribution in [1.82, 2.24) is 0 Å². The van der Waals surface area contributed by atoms with Gasteiger partial charge in [-0.05, 0) is 450 Å². The van der Waals surface area contributed by atoms with Crippen LogP contribution in [0, 0.1) is 0 Å². The highest BCUT2D eigenvalue weighted by molar-refractivity contribution is 6.77. The Balaban J connectivity index is 0.742. The van der Waals surface area contributed by atoms with E-state index < -0.39 is 32.9 Å². The van der Waals surface area contributed by atoms with E-state index in [1.807, 2.05) is 0 Å². The van der Waals surface area contributed by atoms with Crippen LogP contribution in [0.3, 0.4) is 0 Å². The minimum absolute atomic E-state index is 0.945. The lowest BCUT2D eigenvalue weighted by atomic mass is 9.44. The molecule has 610 valence electrons. The highest BCUT2D eigenvalue weighted by Crippen LogP contribution is 2.97. The van der Waals surface area contributed by atoms with Crippen LogP contribution in [0.4, 0.5) is 68.2 Å². The first-order valence-electron chi connectivity index (χ1n) is 49.2. The molecule has 4 unspecified atom stereocenters. The van der Waals surface area contributed by atoms with Gasteiger partial charge in [-0.1, -0.05) is 194 Å². The largest absolute Gasteiger partial charge is 0.342 e. The SMILES string of the molecule is c1ccc(N(c2ccccc2)c2ccc(C34C5=C6C7(c8ccc(N(c9ccccc9)c9ccccc9)cc8)c8c3c3c9c4c4c%10c%11c%12c%13c%14c%15c%16c%17c%18c%19c(c7c7c8c8c3c3c%20c9c%10c9c%10c%11c%14c%11c%14c%15c%18c%15c%18c%19c7c7c8c3c3c(c%209)c(c%10%11)c(c%14%15)c3c7%18)C%173OC63C(=C5C4%12c3ccc(N(c4ccccc4)c4ccccc4)cc3)C%13%16c3ccc(N(c4ccccc4)c4ccccc4)cc3)cc2)cc1. The summed E-state index contributed by atoms with van der Waals surface area (Å²) < 4.78 is 9.82. The second-order valence-electron chi connectivity index (χ2n) is 42.9. The van der Waals surface area contributed by atoms with Crippen molar-refractivity contribution in [2.75, 3.05) is 19.6 Å². The molecule has 11 aliphatic carbocycles. The number of anilines is 12. The van der Waals surface area contributed by atoms with Crippen molar-refractivity contribution in [3.63, 3.8) is 0 Å². The molecule has 0 saturated carbocycles. The van der Waals surface area contributed by atoms with Crippen molar-refractivity contribution in [2.24, 2.45) is 0 Å². The molecule has 12 aliphatic rings. The standard InChI is InChI=1S/C132H56N4O/c1-9-25-61(26-10-1)133(62-27-11-2-12-28-62)69-49-41-57(42-50-69)127-113-103-93-83-78-73-74-76-77-75(73)80-86-84(78)94(93)104-106-96(86)98-88(80)90-82(77)92-91-81(76)89-87-79(74)85(83)95-97(87)107-109-99(89)101(91)111-112-102(92)100(90)110-108(98)118-116(106)128(114(104)113,58-43-51-70(52-44-58)134(63-29-13-3-14-30-63)64-31-15-4-16-32-64)124-123(127)125-129(117(107)115(127)105(95)103,59-45-53-71(54-46-59)135(65-33-17-5-18-34-65)66-35-19-6-20-36-66)119(109)121(111)131-122(112)120(110)130(118,126(124)132(125,131)137-131)60-47-55-72(56-48-60)136(67-37-21-7-22-38-67)68-39-23-8-24-40-68/h1-56H. The first-order chi connectivity index (χ1) is 68.1. The van der Waals surface area contributed by atoms with Gasteiger partial charge in [0.2, 0.25) is 0 Å². The molecule has 137 heavy (non-hydrogen) atoms. The van der Waals surface area contributed by atoms with Crippen molar-refractivity contribution < 1.29 is 4.74 Å². The second kappa shape index (κ2) is 18.6. The van der Waals surface area contributed by atoms with Crippen molar-refractivity contribution in [3.8, 4) is 0 Å². The van der Waals surface area contributed by atoms with Crippen LogP contribution in [-0.4, -0.2) is 5.60 Å². The van der Waals surface area contributed by atoms with Gasteiger partial charge >= 0.3 is 0 Å². The Morgan fingerprint density at radius 2 is 0.263 bits per heavy atom. The molecule has 45 rings (SSSR count). The molecule has 5 nitrogen and oxygen atoms in total. The summed E-state index contributed by atoms with van der Waals surface area (Å²) in [5.41, 5.74) is 34.5.